The summed E-state index contributed by atoms with van der Waals surface area (Å²) in [7, 11) is -2.85. The Kier molecular flexibility index (Phi) is 5.40. The van der Waals surface area contributed by atoms with E-state index in [4.69, 9.17) is 9.47 Å². The molecule has 2 rings (SSSR count). The van der Waals surface area contributed by atoms with Crippen LogP contribution in [-0.4, -0.2) is 28.0 Å². The van der Waals surface area contributed by atoms with Crippen molar-refractivity contribution >= 4 is 15.9 Å². The number of sulfonamides is 1. The van der Waals surface area contributed by atoms with E-state index < -0.39 is 33.3 Å². The van der Waals surface area contributed by atoms with E-state index in [9.17, 15) is 17.6 Å². The van der Waals surface area contributed by atoms with Gasteiger partial charge in [0.1, 0.15) is 10.7 Å². The number of hydrogen-bond donors (Lipinski definition) is 1. The largest absolute Gasteiger partial charge is 0.493 e. The van der Waals surface area contributed by atoms with Crippen LogP contribution >= 0.6 is 0 Å². The third-order valence-corrected chi connectivity index (χ3v) is 4.46. The Bertz CT molecular complexity index is 851. The Morgan fingerprint density at radius 3 is 2.54 bits per heavy atom. The van der Waals surface area contributed by atoms with E-state index in [-0.39, 0.29) is 0 Å². The van der Waals surface area contributed by atoms with Crippen molar-refractivity contribution in [1.29, 1.82) is 0 Å². The molecule has 24 heavy (non-hydrogen) atoms. The molecule has 0 saturated carbocycles. The standard InChI is InChI=1S/C16H16FNO5S/c1-11-7-8-13(14(9-11)22-2)23-10-16(19)18-24(20,21)15-6-4-3-5-12(15)17/h3-9H,10H2,1-2H3,(H,18,19). The van der Waals surface area contributed by atoms with Gasteiger partial charge in [-0.1, -0.05) is 18.2 Å². The highest BCUT2D eigenvalue weighted by atomic mass is 32.2. The topological polar surface area (TPSA) is 81.7 Å². The van der Waals surface area contributed by atoms with E-state index in [2.05, 4.69) is 0 Å². The van der Waals surface area contributed by atoms with Gasteiger partial charge in [-0.2, -0.15) is 0 Å². The minimum absolute atomic E-state index is 0.293. The van der Waals surface area contributed by atoms with E-state index in [1.807, 2.05) is 6.92 Å². The number of amides is 1. The maximum atomic E-state index is 13.5. The summed E-state index contributed by atoms with van der Waals surface area (Å²) in [4.78, 5) is 11.2. The molecule has 8 heteroatoms. The van der Waals surface area contributed by atoms with Crippen LogP contribution in [0.2, 0.25) is 0 Å². The third kappa shape index (κ3) is 4.23. The third-order valence-electron chi connectivity index (χ3n) is 3.05. The molecule has 6 nitrogen and oxygen atoms in total. The molecular formula is C16H16FNO5S. The van der Waals surface area contributed by atoms with Crippen molar-refractivity contribution in [2.75, 3.05) is 13.7 Å². The maximum Gasteiger partial charge on any atom is 0.271 e. The van der Waals surface area contributed by atoms with E-state index in [0.29, 0.717) is 11.5 Å². The van der Waals surface area contributed by atoms with Crippen molar-refractivity contribution in [2.24, 2.45) is 0 Å². The molecule has 0 bridgehead atoms. The number of benzene rings is 2. The lowest BCUT2D eigenvalue weighted by Gasteiger charge is -2.12. The summed E-state index contributed by atoms with van der Waals surface area (Å²) in [6.07, 6.45) is 0. The molecule has 0 heterocycles. The summed E-state index contributed by atoms with van der Waals surface area (Å²) in [5, 5.41) is 0. The number of halogens is 1. The minimum atomic E-state index is -4.30. The first kappa shape index (κ1) is 17.7. The molecule has 0 saturated heterocycles. The lowest BCUT2D eigenvalue weighted by molar-refractivity contribution is -0.121. The molecule has 0 aromatic heterocycles. The van der Waals surface area contributed by atoms with Crippen LogP contribution < -0.4 is 14.2 Å². The molecule has 2 aromatic rings. The van der Waals surface area contributed by atoms with Gasteiger partial charge in [0.05, 0.1) is 7.11 Å². The van der Waals surface area contributed by atoms with Crippen molar-refractivity contribution in [1.82, 2.24) is 4.72 Å². The predicted octanol–water partition coefficient (Wildman–Crippen LogP) is 2.03. The average Bonchev–Trinajstić information content (AvgIpc) is 2.53. The van der Waals surface area contributed by atoms with Crippen LogP contribution in [0.1, 0.15) is 5.56 Å². The quantitative estimate of drug-likeness (QED) is 0.859. The minimum Gasteiger partial charge on any atom is -0.493 e. The van der Waals surface area contributed by atoms with Crippen molar-refractivity contribution < 1.29 is 27.1 Å². The number of ether oxygens (including phenoxy) is 2. The number of carbonyl (C=O) groups is 1. The van der Waals surface area contributed by atoms with Gasteiger partial charge in [-0.25, -0.2) is 17.5 Å². The maximum absolute atomic E-state index is 13.5. The van der Waals surface area contributed by atoms with Crippen LogP contribution in [0.5, 0.6) is 11.5 Å². The number of rotatable bonds is 6. The molecule has 1 N–H and O–H groups in total. The highest BCUT2D eigenvalue weighted by Crippen LogP contribution is 2.27. The molecule has 0 fully saturated rings. The number of aryl methyl sites for hydroxylation is 1. The van der Waals surface area contributed by atoms with Gasteiger partial charge in [0, 0.05) is 0 Å². The smallest absolute Gasteiger partial charge is 0.271 e. The van der Waals surface area contributed by atoms with Crippen LogP contribution in [0.4, 0.5) is 4.39 Å². The first-order chi connectivity index (χ1) is 11.3. The summed E-state index contributed by atoms with van der Waals surface area (Å²) in [5.74, 6) is -1.17. The molecule has 0 aliphatic rings. The Labute approximate surface area is 139 Å². The van der Waals surface area contributed by atoms with Crippen molar-refractivity contribution in [3.8, 4) is 11.5 Å². The van der Waals surface area contributed by atoms with Crippen molar-refractivity contribution in [2.45, 2.75) is 11.8 Å². The molecule has 0 unspecified atom stereocenters. The van der Waals surface area contributed by atoms with Gasteiger partial charge in [0.2, 0.25) is 0 Å². The van der Waals surface area contributed by atoms with Crippen LogP contribution in [0.15, 0.2) is 47.4 Å². The fourth-order valence-electron chi connectivity index (χ4n) is 1.93. The molecule has 0 aliphatic carbocycles. The normalized spacial score (nSPS) is 11.0. The molecule has 0 aliphatic heterocycles. The summed E-state index contributed by atoms with van der Waals surface area (Å²) in [6, 6.07) is 9.84. The van der Waals surface area contributed by atoms with Gasteiger partial charge in [-0.15, -0.1) is 0 Å². The van der Waals surface area contributed by atoms with Crippen LogP contribution in [0, 0.1) is 12.7 Å². The molecule has 0 radical (unpaired) electrons. The average molecular weight is 353 g/mol. The van der Waals surface area contributed by atoms with Gasteiger partial charge in [-0.05, 0) is 36.8 Å². The molecular weight excluding hydrogens is 337 g/mol. The predicted molar refractivity (Wildman–Crippen MR) is 85.0 cm³/mol. The van der Waals surface area contributed by atoms with E-state index in [1.54, 1.807) is 22.9 Å². The SMILES string of the molecule is COc1cc(C)ccc1OCC(=O)NS(=O)(=O)c1ccccc1F. The number of nitrogens with one attached hydrogen (secondary N) is 1. The number of carbonyl (C=O) groups excluding carboxylic acids is 1. The zero-order chi connectivity index (χ0) is 17.7. The molecule has 2 aromatic carbocycles. The Morgan fingerprint density at radius 1 is 1.17 bits per heavy atom. The Balaban J connectivity index is 2.05. The van der Waals surface area contributed by atoms with E-state index >= 15 is 0 Å². The van der Waals surface area contributed by atoms with Gasteiger partial charge in [0.25, 0.3) is 15.9 Å². The fourth-order valence-corrected chi connectivity index (χ4v) is 2.99. The Morgan fingerprint density at radius 2 is 1.88 bits per heavy atom. The van der Waals surface area contributed by atoms with Gasteiger partial charge < -0.3 is 9.47 Å². The highest BCUT2D eigenvalue weighted by Gasteiger charge is 2.21. The summed E-state index contributed by atoms with van der Waals surface area (Å²) >= 11 is 0. The fraction of sp³-hybridized carbons (Fsp3) is 0.188. The summed E-state index contributed by atoms with van der Waals surface area (Å²) in [6.45, 7) is 1.30. The summed E-state index contributed by atoms with van der Waals surface area (Å²) in [5.41, 5.74) is 0.936. The van der Waals surface area contributed by atoms with Crippen LogP contribution in [0.25, 0.3) is 0 Å². The lowest BCUT2D eigenvalue weighted by Crippen LogP contribution is -2.34. The lowest BCUT2D eigenvalue weighted by atomic mass is 10.2. The van der Waals surface area contributed by atoms with Crippen LogP contribution in [-0.2, 0) is 14.8 Å². The van der Waals surface area contributed by atoms with Crippen molar-refractivity contribution in [3.05, 3.63) is 53.8 Å². The number of methoxy groups -OCH3 is 1. The monoisotopic (exact) mass is 353 g/mol. The second-order valence-electron chi connectivity index (χ2n) is 4.90. The molecule has 0 atom stereocenters. The van der Waals surface area contributed by atoms with Gasteiger partial charge in [-0.3, -0.25) is 4.79 Å². The zero-order valence-corrected chi connectivity index (χ0v) is 13.9. The first-order valence-electron chi connectivity index (χ1n) is 6.91. The van der Waals surface area contributed by atoms with E-state index in [1.165, 1.54) is 19.2 Å². The molecule has 1 amide bonds. The summed E-state index contributed by atoms with van der Waals surface area (Å²) < 4.78 is 49.7. The first-order valence-corrected chi connectivity index (χ1v) is 8.39. The zero-order valence-electron chi connectivity index (χ0n) is 13.1. The van der Waals surface area contributed by atoms with Crippen LogP contribution in [0.3, 0.4) is 0 Å². The second-order valence-corrected chi connectivity index (χ2v) is 6.55. The molecule has 128 valence electrons. The number of hydrogen-bond acceptors (Lipinski definition) is 5. The Hall–Kier alpha value is -2.61. The van der Waals surface area contributed by atoms with Gasteiger partial charge in [0.15, 0.2) is 18.1 Å². The highest BCUT2D eigenvalue weighted by molar-refractivity contribution is 7.90. The van der Waals surface area contributed by atoms with Crippen molar-refractivity contribution in [3.63, 3.8) is 0 Å². The second kappa shape index (κ2) is 7.31. The van der Waals surface area contributed by atoms with E-state index in [0.717, 1.165) is 17.7 Å². The van der Waals surface area contributed by atoms with Gasteiger partial charge >= 0.3 is 0 Å². The molecule has 0 spiro atoms.